The predicted molar refractivity (Wildman–Crippen MR) is 82.9 cm³/mol. The van der Waals surface area contributed by atoms with Gasteiger partial charge in [0.15, 0.2) is 12.4 Å². The van der Waals surface area contributed by atoms with E-state index in [4.69, 9.17) is 14.7 Å². The minimum atomic E-state index is -0.495. The Hall–Kier alpha value is -3.13. The molecule has 0 aliphatic carbocycles. The van der Waals surface area contributed by atoms with E-state index < -0.39 is 5.97 Å². The van der Waals surface area contributed by atoms with Crippen molar-refractivity contribution < 1.29 is 19.1 Å². The van der Waals surface area contributed by atoms with Crippen LogP contribution in [0.4, 0.5) is 0 Å². The lowest BCUT2D eigenvalue weighted by molar-refractivity contribution is -0.147. The van der Waals surface area contributed by atoms with Gasteiger partial charge in [-0.15, -0.1) is 0 Å². The molecular formula is C18H15NO4. The van der Waals surface area contributed by atoms with Crippen LogP contribution in [0.3, 0.4) is 0 Å². The molecule has 0 unspecified atom stereocenters. The van der Waals surface area contributed by atoms with Crippen LogP contribution in [0.5, 0.6) is 5.75 Å². The van der Waals surface area contributed by atoms with Crippen LogP contribution in [0, 0.1) is 11.3 Å². The van der Waals surface area contributed by atoms with Gasteiger partial charge in [0.2, 0.25) is 0 Å². The molecule has 5 nitrogen and oxygen atoms in total. The zero-order chi connectivity index (χ0) is 16.7. The van der Waals surface area contributed by atoms with Gasteiger partial charge in [-0.05, 0) is 48.9 Å². The van der Waals surface area contributed by atoms with Crippen LogP contribution < -0.4 is 4.74 Å². The molecule has 0 heterocycles. The first kappa shape index (κ1) is 16.2. The standard InChI is InChI=1S/C18H15NO4/c1-13(20)16-6-8-17(9-7-16)22-12-18(21)23-11-15-4-2-14(10-19)3-5-15/h2-9H,11-12H2,1H3. The highest BCUT2D eigenvalue weighted by atomic mass is 16.6. The van der Waals surface area contributed by atoms with Gasteiger partial charge in [-0.2, -0.15) is 5.26 Å². The summed E-state index contributed by atoms with van der Waals surface area (Å²) in [6, 6.07) is 15.3. The van der Waals surface area contributed by atoms with E-state index in [0.29, 0.717) is 16.9 Å². The van der Waals surface area contributed by atoms with E-state index in [9.17, 15) is 9.59 Å². The molecule has 0 radical (unpaired) electrons. The van der Waals surface area contributed by atoms with E-state index >= 15 is 0 Å². The van der Waals surface area contributed by atoms with E-state index in [1.807, 2.05) is 6.07 Å². The second-order valence-electron chi connectivity index (χ2n) is 4.84. The Labute approximate surface area is 134 Å². The van der Waals surface area contributed by atoms with Crippen LogP contribution in [0.15, 0.2) is 48.5 Å². The number of hydrogen-bond donors (Lipinski definition) is 0. The Balaban J connectivity index is 1.78. The summed E-state index contributed by atoms with van der Waals surface area (Å²) in [5, 5.41) is 8.70. The van der Waals surface area contributed by atoms with Crippen molar-refractivity contribution in [1.29, 1.82) is 5.26 Å². The topological polar surface area (TPSA) is 76.4 Å². The Kier molecular flexibility index (Phi) is 5.48. The number of benzene rings is 2. The number of ether oxygens (including phenoxy) is 2. The first-order chi connectivity index (χ1) is 11.1. The molecule has 0 N–H and O–H groups in total. The Morgan fingerprint density at radius 2 is 1.70 bits per heavy atom. The third-order valence-corrected chi connectivity index (χ3v) is 3.10. The van der Waals surface area contributed by atoms with Gasteiger partial charge < -0.3 is 9.47 Å². The molecule has 2 aromatic rings. The van der Waals surface area contributed by atoms with Gasteiger partial charge in [0.25, 0.3) is 0 Å². The number of rotatable bonds is 6. The fourth-order valence-electron chi connectivity index (χ4n) is 1.81. The fourth-order valence-corrected chi connectivity index (χ4v) is 1.81. The second-order valence-corrected chi connectivity index (χ2v) is 4.84. The summed E-state index contributed by atoms with van der Waals surface area (Å²) in [5.74, 6) is -0.0336. The van der Waals surface area contributed by atoms with Crippen molar-refractivity contribution >= 4 is 11.8 Å². The summed E-state index contributed by atoms with van der Waals surface area (Å²) in [7, 11) is 0. The molecule has 0 atom stereocenters. The van der Waals surface area contributed by atoms with E-state index in [2.05, 4.69) is 0 Å². The number of esters is 1. The van der Waals surface area contributed by atoms with Crippen molar-refractivity contribution in [2.75, 3.05) is 6.61 Å². The minimum Gasteiger partial charge on any atom is -0.482 e. The van der Waals surface area contributed by atoms with Crippen LogP contribution in [0.1, 0.15) is 28.4 Å². The number of carbonyl (C=O) groups is 2. The smallest absolute Gasteiger partial charge is 0.344 e. The largest absolute Gasteiger partial charge is 0.482 e. The number of Topliss-reactive ketones (excluding diaryl/α,β-unsaturated/α-hetero) is 1. The SMILES string of the molecule is CC(=O)c1ccc(OCC(=O)OCc2ccc(C#N)cc2)cc1. The van der Waals surface area contributed by atoms with E-state index in [1.165, 1.54) is 6.92 Å². The van der Waals surface area contributed by atoms with Gasteiger partial charge >= 0.3 is 5.97 Å². The summed E-state index contributed by atoms with van der Waals surface area (Å²) in [6.07, 6.45) is 0. The molecule has 0 saturated carbocycles. The predicted octanol–water partition coefficient (Wildman–Crippen LogP) is 2.88. The molecule has 0 spiro atoms. The molecule has 0 amide bonds. The molecular weight excluding hydrogens is 294 g/mol. The van der Waals surface area contributed by atoms with Gasteiger partial charge in [-0.25, -0.2) is 4.79 Å². The number of ketones is 1. The normalized spacial score (nSPS) is 9.74. The van der Waals surface area contributed by atoms with Gasteiger partial charge in [-0.3, -0.25) is 4.79 Å². The number of carbonyl (C=O) groups excluding carboxylic acids is 2. The van der Waals surface area contributed by atoms with Gasteiger partial charge in [0.1, 0.15) is 12.4 Å². The molecule has 0 aliphatic heterocycles. The third-order valence-electron chi connectivity index (χ3n) is 3.10. The average molecular weight is 309 g/mol. The molecule has 0 saturated heterocycles. The molecule has 0 fully saturated rings. The molecule has 23 heavy (non-hydrogen) atoms. The van der Waals surface area contributed by atoms with Gasteiger partial charge in [-0.1, -0.05) is 12.1 Å². The van der Waals surface area contributed by atoms with Crippen molar-refractivity contribution in [3.8, 4) is 11.8 Å². The lowest BCUT2D eigenvalue weighted by atomic mass is 10.1. The molecule has 116 valence electrons. The van der Waals surface area contributed by atoms with Crippen molar-refractivity contribution in [3.05, 3.63) is 65.2 Å². The number of nitrogens with zero attached hydrogens (tertiary/aromatic N) is 1. The van der Waals surface area contributed by atoms with Crippen molar-refractivity contribution in [2.24, 2.45) is 0 Å². The summed E-state index contributed by atoms with van der Waals surface area (Å²) >= 11 is 0. The maximum Gasteiger partial charge on any atom is 0.344 e. The maximum atomic E-state index is 11.6. The molecule has 0 aliphatic rings. The first-order valence-corrected chi connectivity index (χ1v) is 6.97. The fraction of sp³-hybridized carbons (Fsp3) is 0.167. The van der Waals surface area contributed by atoms with Crippen LogP contribution in [0.2, 0.25) is 0 Å². The van der Waals surface area contributed by atoms with Crippen LogP contribution in [-0.2, 0) is 16.1 Å². The van der Waals surface area contributed by atoms with E-state index in [0.717, 1.165) is 5.56 Å². The quantitative estimate of drug-likeness (QED) is 0.606. The molecule has 2 aromatic carbocycles. The lowest BCUT2D eigenvalue weighted by Crippen LogP contribution is -2.14. The van der Waals surface area contributed by atoms with Crippen molar-refractivity contribution in [3.63, 3.8) is 0 Å². The number of hydrogen-bond acceptors (Lipinski definition) is 5. The zero-order valence-electron chi connectivity index (χ0n) is 12.6. The van der Waals surface area contributed by atoms with Crippen LogP contribution >= 0.6 is 0 Å². The first-order valence-electron chi connectivity index (χ1n) is 6.97. The second kappa shape index (κ2) is 7.76. The van der Waals surface area contributed by atoms with Crippen LogP contribution in [-0.4, -0.2) is 18.4 Å². The van der Waals surface area contributed by atoms with Gasteiger partial charge in [0, 0.05) is 5.56 Å². The van der Waals surface area contributed by atoms with Crippen molar-refractivity contribution in [1.82, 2.24) is 0 Å². The number of nitriles is 1. The van der Waals surface area contributed by atoms with Crippen molar-refractivity contribution in [2.45, 2.75) is 13.5 Å². The third kappa shape index (κ3) is 4.97. The monoisotopic (exact) mass is 309 g/mol. The highest BCUT2D eigenvalue weighted by Gasteiger charge is 2.06. The average Bonchev–Trinajstić information content (AvgIpc) is 2.59. The van der Waals surface area contributed by atoms with E-state index in [1.54, 1.807) is 48.5 Å². The molecule has 2 rings (SSSR count). The van der Waals surface area contributed by atoms with Gasteiger partial charge in [0.05, 0.1) is 11.6 Å². The molecule has 0 bridgehead atoms. The highest BCUT2D eigenvalue weighted by Crippen LogP contribution is 2.12. The molecule has 0 aromatic heterocycles. The lowest BCUT2D eigenvalue weighted by Gasteiger charge is -2.07. The Bertz CT molecular complexity index is 727. The maximum absolute atomic E-state index is 11.6. The Morgan fingerprint density at radius 1 is 1.04 bits per heavy atom. The molecule has 5 heteroatoms. The summed E-state index contributed by atoms with van der Waals surface area (Å²) in [5.41, 5.74) is 1.93. The van der Waals surface area contributed by atoms with E-state index in [-0.39, 0.29) is 19.0 Å². The minimum absolute atomic E-state index is 0.0293. The summed E-state index contributed by atoms with van der Waals surface area (Å²) in [4.78, 5) is 22.8. The van der Waals surface area contributed by atoms with Crippen LogP contribution in [0.25, 0.3) is 0 Å². The Morgan fingerprint density at radius 3 is 2.26 bits per heavy atom. The summed E-state index contributed by atoms with van der Waals surface area (Å²) in [6.45, 7) is 1.39. The highest BCUT2D eigenvalue weighted by molar-refractivity contribution is 5.94. The summed E-state index contributed by atoms with van der Waals surface area (Å²) < 4.78 is 10.4. The zero-order valence-corrected chi connectivity index (χ0v) is 12.6.